The van der Waals surface area contributed by atoms with E-state index in [1.165, 1.54) is 0 Å². The summed E-state index contributed by atoms with van der Waals surface area (Å²) in [7, 11) is 0. The van der Waals surface area contributed by atoms with E-state index < -0.39 is 0 Å². The number of piperazine rings is 1. The van der Waals surface area contributed by atoms with Gasteiger partial charge in [-0.1, -0.05) is 18.5 Å². The summed E-state index contributed by atoms with van der Waals surface area (Å²) in [5, 5.41) is 3.60. The van der Waals surface area contributed by atoms with Gasteiger partial charge in [0, 0.05) is 37.8 Å². The fourth-order valence-electron chi connectivity index (χ4n) is 2.71. The topological polar surface area (TPSA) is 44.8 Å². The van der Waals surface area contributed by atoms with Gasteiger partial charge in [0.05, 0.1) is 24.4 Å². The number of nitrogens with zero attached hydrogens (tertiary/aromatic N) is 2. The molecule has 23 heavy (non-hydrogen) atoms. The molecule has 1 heterocycles. The Morgan fingerprint density at radius 1 is 1.26 bits per heavy atom. The molecule has 1 N–H and O–H groups in total. The van der Waals surface area contributed by atoms with Crippen molar-refractivity contribution in [2.24, 2.45) is 0 Å². The van der Waals surface area contributed by atoms with Crippen LogP contribution >= 0.6 is 11.6 Å². The Balaban J connectivity index is 2.04. The van der Waals surface area contributed by atoms with E-state index in [4.69, 9.17) is 16.3 Å². The second-order valence-electron chi connectivity index (χ2n) is 5.58. The van der Waals surface area contributed by atoms with Crippen molar-refractivity contribution >= 4 is 28.9 Å². The zero-order valence-corrected chi connectivity index (χ0v) is 14.7. The summed E-state index contributed by atoms with van der Waals surface area (Å²) in [6.45, 7) is 10.2. The maximum Gasteiger partial charge on any atom is 0.226 e. The minimum atomic E-state index is -0.0471. The lowest BCUT2D eigenvalue weighted by Crippen LogP contribution is -2.46. The molecule has 2 rings (SSSR count). The molecule has 128 valence electrons. The van der Waals surface area contributed by atoms with Crippen LogP contribution < -0.4 is 10.2 Å². The highest BCUT2D eigenvalue weighted by atomic mass is 35.5. The van der Waals surface area contributed by atoms with Gasteiger partial charge in [0.2, 0.25) is 5.91 Å². The van der Waals surface area contributed by atoms with Gasteiger partial charge in [0.1, 0.15) is 0 Å². The first-order valence-electron chi connectivity index (χ1n) is 8.28. The molecule has 6 heteroatoms. The second-order valence-corrected chi connectivity index (χ2v) is 6.01. The molecule has 0 saturated carbocycles. The average molecular weight is 340 g/mol. The summed E-state index contributed by atoms with van der Waals surface area (Å²) in [6, 6.07) is 5.68. The Bertz CT molecular complexity index is 517. The fourth-order valence-corrected chi connectivity index (χ4v) is 2.88. The van der Waals surface area contributed by atoms with E-state index in [0.29, 0.717) is 24.7 Å². The van der Waals surface area contributed by atoms with Gasteiger partial charge in [-0.15, -0.1) is 0 Å². The number of amides is 1. The summed E-state index contributed by atoms with van der Waals surface area (Å²) in [6.07, 6.45) is 0.351. The Hall–Kier alpha value is -1.30. The van der Waals surface area contributed by atoms with Crippen molar-refractivity contribution in [3.05, 3.63) is 23.2 Å². The predicted octanol–water partition coefficient (Wildman–Crippen LogP) is 2.85. The molecule has 1 fully saturated rings. The summed E-state index contributed by atoms with van der Waals surface area (Å²) in [4.78, 5) is 16.8. The van der Waals surface area contributed by atoms with Crippen LogP contribution in [0.5, 0.6) is 0 Å². The lowest BCUT2D eigenvalue weighted by atomic mass is 10.2. The van der Waals surface area contributed by atoms with Crippen LogP contribution in [-0.2, 0) is 9.53 Å². The molecule has 1 amide bonds. The summed E-state index contributed by atoms with van der Waals surface area (Å²) in [5.41, 5.74) is 1.82. The van der Waals surface area contributed by atoms with E-state index in [-0.39, 0.29) is 5.91 Å². The van der Waals surface area contributed by atoms with Crippen molar-refractivity contribution in [1.82, 2.24) is 4.90 Å². The molecule has 0 bridgehead atoms. The van der Waals surface area contributed by atoms with Crippen LogP contribution in [0.25, 0.3) is 0 Å². The number of nitrogens with one attached hydrogen (secondary N) is 1. The molecule has 0 unspecified atom stereocenters. The van der Waals surface area contributed by atoms with Gasteiger partial charge in [-0.05, 0) is 31.7 Å². The fraction of sp³-hybridized carbons (Fsp3) is 0.588. The lowest BCUT2D eigenvalue weighted by Gasteiger charge is -2.36. The molecule has 1 saturated heterocycles. The van der Waals surface area contributed by atoms with Crippen molar-refractivity contribution in [2.45, 2.75) is 20.3 Å². The van der Waals surface area contributed by atoms with Gasteiger partial charge in [0.15, 0.2) is 0 Å². The molecule has 0 spiro atoms. The SMILES string of the molecule is CCOCCC(=O)Nc1cc(Cl)ccc1N1CCN(CC)CC1. The molecule has 1 aromatic carbocycles. The van der Waals surface area contributed by atoms with Crippen molar-refractivity contribution in [3.63, 3.8) is 0 Å². The van der Waals surface area contributed by atoms with Crippen molar-refractivity contribution in [2.75, 3.05) is 56.2 Å². The minimum absolute atomic E-state index is 0.0471. The van der Waals surface area contributed by atoms with E-state index >= 15 is 0 Å². The highest BCUT2D eigenvalue weighted by molar-refractivity contribution is 6.31. The van der Waals surface area contributed by atoms with Gasteiger partial charge in [-0.25, -0.2) is 0 Å². The number of anilines is 2. The largest absolute Gasteiger partial charge is 0.381 e. The van der Waals surface area contributed by atoms with Crippen LogP contribution in [0.15, 0.2) is 18.2 Å². The monoisotopic (exact) mass is 339 g/mol. The highest BCUT2D eigenvalue weighted by Gasteiger charge is 2.19. The van der Waals surface area contributed by atoms with Gasteiger partial charge in [0.25, 0.3) is 0 Å². The third-order valence-corrected chi connectivity index (χ3v) is 4.31. The molecule has 0 radical (unpaired) electrons. The summed E-state index contributed by atoms with van der Waals surface area (Å²) >= 11 is 6.11. The maximum absolute atomic E-state index is 12.1. The first-order valence-corrected chi connectivity index (χ1v) is 8.66. The lowest BCUT2D eigenvalue weighted by molar-refractivity contribution is -0.117. The van der Waals surface area contributed by atoms with E-state index in [1.54, 1.807) is 0 Å². The zero-order chi connectivity index (χ0) is 16.7. The van der Waals surface area contributed by atoms with Gasteiger partial charge < -0.3 is 19.9 Å². The number of benzene rings is 1. The first kappa shape index (κ1) is 18.0. The van der Waals surface area contributed by atoms with Crippen LogP contribution in [0.4, 0.5) is 11.4 Å². The zero-order valence-electron chi connectivity index (χ0n) is 14.0. The van der Waals surface area contributed by atoms with Crippen LogP contribution in [0.3, 0.4) is 0 Å². The number of rotatable bonds is 7. The number of carbonyl (C=O) groups is 1. The number of likely N-dealkylation sites (N-methyl/N-ethyl adjacent to an activating group) is 1. The standard InChI is InChI=1S/C17H26ClN3O2/c1-3-20-8-10-21(11-9-20)16-6-5-14(18)13-15(16)19-17(22)7-12-23-4-2/h5-6,13H,3-4,7-12H2,1-2H3,(H,19,22). The number of carbonyl (C=O) groups excluding carboxylic acids is 1. The van der Waals surface area contributed by atoms with Crippen LogP contribution in [0, 0.1) is 0 Å². The van der Waals surface area contributed by atoms with E-state index in [0.717, 1.165) is 44.1 Å². The number of ether oxygens (including phenoxy) is 1. The van der Waals surface area contributed by atoms with Crippen LogP contribution in [0.1, 0.15) is 20.3 Å². The number of hydrogen-bond acceptors (Lipinski definition) is 4. The molecule has 0 aromatic heterocycles. The Labute approximate surface area is 143 Å². The molecule has 1 aliphatic rings. The Morgan fingerprint density at radius 2 is 2.00 bits per heavy atom. The quantitative estimate of drug-likeness (QED) is 0.776. The molecule has 0 atom stereocenters. The summed E-state index contributed by atoms with van der Waals surface area (Å²) < 4.78 is 5.23. The van der Waals surface area contributed by atoms with Crippen LogP contribution in [-0.4, -0.2) is 56.7 Å². The molecule has 1 aromatic rings. The summed E-state index contributed by atoms with van der Waals surface area (Å²) in [5.74, 6) is -0.0471. The Kier molecular flexibility index (Phi) is 7.15. The second kappa shape index (κ2) is 9.11. The number of halogens is 1. The van der Waals surface area contributed by atoms with E-state index in [2.05, 4.69) is 22.0 Å². The predicted molar refractivity (Wildman–Crippen MR) is 95.5 cm³/mol. The average Bonchev–Trinajstić information content (AvgIpc) is 2.55. The smallest absolute Gasteiger partial charge is 0.226 e. The normalized spacial score (nSPS) is 15.7. The van der Waals surface area contributed by atoms with Crippen LogP contribution in [0.2, 0.25) is 5.02 Å². The third kappa shape index (κ3) is 5.37. The third-order valence-electron chi connectivity index (χ3n) is 4.07. The molecule has 0 aliphatic carbocycles. The minimum Gasteiger partial charge on any atom is -0.381 e. The first-order chi connectivity index (χ1) is 11.1. The molecule has 1 aliphatic heterocycles. The molecular formula is C17H26ClN3O2. The molecule has 5 nitrogen and oxygen atoms in total. The maximum atomic E-state index is 12.1. The van der Waals surface area contributed by atoms with Gasteiger partial charge in [-0.3, -0.25) is 4.79 Å². The van der Waals surface area contributed by atoms with Crippen molar-refractivity contribution in [3.8, 4) is 0 Å². The number of hydrogen-bond donors (Lipinski definition) is 1. The Morgan fingerprint density at radius 3 is 2.65 bits per heavy atom. The molecular weight excluding hydrogens is 314 g/mol. The van der Waals surface area contributed by atoms with Gasteiger partial charge >= 0.3 is 0 Å². The van der Waals surface area contributed by atoms with Gasteiger partial charge in [-0.2, -0.15) is 0 Å². The van der Waals surface area contributed by atoms with E-state index in [9.17, 15) is 4.79 Å². The van der Waals surface area contributed by atoms with Crippen molar-refractivity contribution < 1.29 is 9.53 Å². The van der Waals surface area contributed by atoms with E-state index in [1.807, 2.05) is 25.1 Å². The highest BCUT2D eigenvalue weighted by Crippen LogP contribution is 2.30. The van der Waals surface area contributed by atoms with Crippen molar-refractivity contribution in [1.29, 1.82) is 0 Å².